The van der Waals surface area contributed by atoms with Crippen LogP contribution in [0.1, 0.15) is 47.1 Å². The third kappa shape index (κ3) is 5.78. The lowest BCUT2D eigenvalue weighted by Gasteiger charge is -2.34. The van der Waals surface area contributed by atoms with Gasteiger partial charge in [-0.1, -0.05) is 46.8 Å². The van der Waals surface area contributed by atoms with Crippen molar-refractivity contribution in [3.8, 4) is 0 Å². The monoisotopic (exact) mass is 409 g/mol. The topological polar surface area (TPSA) is 69.7 Å². The van der Waals surface area contributed by atoms with E-state index in [1.165, 1.54) is 4.31 Å². The van der Waals surface area contributed by atoms with Crippen molar-refractivity contribution in [2.45, 2.75) is 57.9 Å². The Morgan fingerprint density at radius 2 is 1.57 bits per heavy atom. The second-order valence-electron chi connectivity index (χ2n) is 9.05. The van der Waals surface area contributed by atoms with E-state index in [9.17, 15) is 13.2 Å². The smallest absolute Gasteiger partial charge is 0.243 e. The second kappa shape index (κ2) is 8.93. The number of nitrogens with zero attached hydrogens (tertiary/aromatic N) is 2. The number of nitrogens with one attached hydrogen (secondary N) is 1. The highest BCUT2D eigenvalue weighted by molar-refractivity contribution is 7.89. The number of benzene rings is 1. The molecule has 158 valence electrons. The molecule has 1 aliphatic heterocycles. The fourth-order valence-electron chi connectivity index (χ4n) is 3.07. The standard InChI is InChI=1S/C21H35N3O3S/c1-16(2)17(3)22-20(25)15-23-11-13-24(14-12-23)28(26,27)19-9-7-18(8-10-19)21(4,5)6/h7-10,16-17H,11-15H2,1-6H3,(H,22,25)/t17-/m1/s1. The quantitative estimate of drug-likeness (QED) is 0.784. The van der Waals surface area contributed by atoms with E-state index in [4.69, 9.17) is 0 Å². The summed E-state index contributed by atoms with van der Waals surface area (Å²) in [6.07, 6.45) is 0. The molecule has 0 radical (unpaired) electrons. The molecule has 7 heteroatoms. The lowest BCUT2D eigenvalue weighted by Crippen LogP contribution is -2.51. The summed E-state index contributed by atoms with van der Waals surface area (Å²) in [5.41, 5.74) is 1.10. The van der Waals surface area contributed by atoms with Gasteiger partial charge in [-0.2, -0.15) is 4.31 Å². The molecule has 28 heavy (non-hydrogen) atoms. The van der Waals surface area contributed by atoms with Gasteiger partial charge in [-0.25, -0.2) is 8.42 Å². The maximum atomic E-state index is 12.9. The van der Waals surface area contributed by atoms with Gasteiger partial charge in [-0.3, -0.25) is 9.69 Å². The minimum atomic E-state index is -3.50. The molecular weight excluding hydrogens is 374 g/mol. The predicted molar refractivity (Wildman–Crippen MR) is 113 cm³/mol. The average molecular weight is 410 g/mol. The van der Waals surface area contributed by atoms with Crippen molar-refractivity contribution in [3.05, 3.63) is 29.8 Å². The summed E-state index contributed by atoms with van der Waals surface area (Å²) in [7, 11) is -3.50. The van der Waals surface area contributed by atoms with Gasteiger partial charge in [0.15, 0.2) is 0 Å². The Labute approximate surface area is 170 Å². The largest absolute Gasteiger partial charge is 0.352 e. The van der Waals surface area contributed by atoms with Crippen LogP contribution >= 0.6 is 0 Å². The van der Waals surface area contributed by atoms with E-state index in [1.807, 2.05) is 24.0 Å². The number of hydrogen-bond donors (Lipinski definition) is 1. The SMILES string of the molecule is CC(C)[C@@H](C)NC(=O)CN1CCN(S(=O)(=O)c2ccc(C(C)(C)C)cc2)CC1. The van der Waals surface area contributed by atoms with Gasteiger partial charge < -0.3 is 5.32 Å². The van der Waals surface area contributed by atoms with Gasteiger partial charge in [0.1, 0.15) is 0 Å². The summed E-state index contributed by atoms with van der Waals surface area (Å²) < 4.78 is 27.4. The molecule has 0 saturated carbocycles. The summed E-state index contributed by atoms with van der Waals surface area (Å²) in [5, 5.41) is 3.00. The molecule has 0 bridgehead atoms. The van der Waals surface area contributed by atoms with Crippen molar-refractivity contribution in [2.24, 2.45) is 5.92 Å². The van der Waals surface area contributed by atoms with Gasteiger partial charge in [0.2, 0.25) is 15.9 Å². The number of rotatable bonds is 6. The van der Waals surface area contributed by atoms with E-state index in [0.717, 1.165) is 5.56 Å². The molecule has 0 aromatic heterocycles. The third-order valence-corrected chi connectivity index (χ3v) is 7.36. The first-order chi connectivity index (χ1) is 12.9. The number of carbonyl (C=O) groups excluding carboxylic acids is 1. The third-order valence-electron chi connectivity index (χ3n) is 5.45. The lowest BCUT2D eigenvalue weighted by atomic mass is 9.87. The Morgan fingerprint density at radius 1 is 1.04 bits per heavy atom. The van der Waals surface area contributed by atoms with Crippen LogP contribution in [0.15, 0.2) is 29.2 Å². The van der Waals surface area contributed by atoms with Crippen LogP contribution in [0.3, 0.4) is 0 Å². The molecule has 1 heterocycles. The van der Waals surface area contributed by atoms with Crippen LogP contribution in [0.2, 0.25) is 0 Å². The summed E-state index contributed by atoms with van der Waals surface area (Å²) >= 11 is 0. The van der Waals surface area contributed by atoms with Crippen molar-refractivity contribution in [3.63, 3.8) is 0 Å². The molecule has 0 unspecified atom stereocenters. The van der Waals surface area contributed by atoms with Crippen LogP contribution in [-0.2, 0) is 20.2 Å². The first kappa shape index (κ1) is 22.8. The Kier molecular flexibility index (Phi) is 7.28. The van der Waals surface area contributed by atoms with E-state index < -0.39 is 10.0 Å². The van der Waals surface area contributed by atoms with Crippen LogP contribution in [0, 0.1) is 5.92 Å². The lowest BCUT2D eigenvalue weighted by molar-refractivity contribution is -0.123. The minimum absolute atomic E-state index is 0.00437. The zero-order chi connectivity index (χ0) is 21.1. The first-order valence-electron chi connectivity index (χ1n) is 10.0. The van der Waals surface area contributed by atoms with Crippen LogP contribution in [0.25, 0.3) is 0 Å². The van der Waals surface area contributed by atoms with Gasteiger partial charge in [-0.15, -0.1) is 0 Å². The Hall–Kier alpha value is -1.44. The number of sulfonamides is 1. The molecule has 1 aromatic carbocycles. The van der Waals surface area contributed by atoms with Gasteiger partial charge in [0, 0.05) is 32.2 Å². The number of hydrogen-bond acceptors (Lipinski definition) is 4. The van der Waals surface area contributed by atoms with Crippen molar-refractivity contribution >= 4 is 15.9 Å². The molecule has 1 fully saturated rings. The maximum absolute atomic E-state index is 12.9. The van der Waals surface area contributed by atoms with Gasteiger partial charge in [-0.05, 0) is 36.0 Å². The van der Waals surface area contributed by atoms with E-state index >= 15 is 0 Å². The van der Waals surface area contributed by atoms with Gasteiger partial charge in [0.05, 0.1) is 11.4 Å². The van der Waals surface area contributed by atoms with Crippen molar-refractivity contribution in [1.29, 1.82) is 0 Å². The summed E-state index contributed by atoms with van der Waals surface area (Å²) in [5.74, 6) is 0.380. The molecule has 1 atom stereocenters. The number of carbonyl (C=O) groups is 1. The number of amides is 1. The summed E-state index contributed by atoms with van der Waals surface area (Å²) in [6, 6.07) is 7.31. The summed E-state index contributed by atoms with van der Waals surface area (Å²) in [6.45, 7) is 14.7. The Bertz CT molecular complexity index is 759. The number of piperazine rings is 1. The van der Waals surface area contributed by atoms with E-state index in [0.29, 0.717) is 43.5 Å². The predicted octanol–water partition coefficient (Wildman–Crippen LogP) is 2.45. The van der Waals surface area contributed by atoms with Crippen LogP contribution in [0.5, 0.6) is 0 Å². The first-order valence-corrected chi connectivity index (χ1v) is 11.5. The van der Waals surface area contributed by atoms with Crippen LogP contribution < -0.4 is 5.32 Å². The normalized spacial score (nSPS) is 18.2. The molecule has 0 spiro atoms. The van der Waals surface area contributed by atoms with Crippen LogP contribution in [-0.4, -0.2) is 62.3 Å². The molecule has 2 rings (SSSR count). The molecule has 0 aliphatic carbocycles. The van der Waals surface area contributed by atoms with Crippen LogP contribution in [0.4, 0.5) is 0 Å². The zero-order valence-corrected chi connectivity index (χ0v) is 18.8. The van der Waals surface area contributed by atoms with Crippen molar-refractivity contribution < 1.29 is 13.2 Å². The fourth-order valence-corrected chi connectivity index (χ4v) is 4.50. The Balaban J connectivity index is 1.94. The molecule has 1 aromatic rings. The fraction of sp³-hybridized carbons (Fsp3) is 0.667. The minimum Gasteiger partial charge on any atom is -0.352 e. The molecule has 1 amide bonds. The van der Waals surface area contributed by atoms with Gasteiger partial charge >= 0.3 is 0 Å². The summed E-state index contributed by atoms with van der Waals surface area (Å²) in [4.78, 5) is 14.5. The van der Waals surface area contributed by atoms with E-state index in [2.05, 4.69) is 39.9 Å². The van der Waals surface area contributed by atoms with Gasteiger partial charge in [0.25, 0.3) is 0 Å². The Morgan fingerprint density at radius 3 is 2.04 bits per heavy atom. The van der Waals surface area contributed by atoms with E-state index in [-0.39, 0.29) is 17.4 Å². The average Bonchev–Trinajstić information content (AvgIpc) is 2.61. The highest BCUT2D eigenvalue weighted by Gasteiger charge is 2.29. The molecular formula is C21H35N3O3S. The highest BCUT2D eigenvalue weighted by Crippen LogP contribution is 2.25. The molecule has 6 nitrogen and oxygen atoms in total. The zero-order valence-electron chi connectivity index (χ0n) is 18.0. The van der Waals surface area contributed by atoms with Crippen molar-refractivity contribution in [2.75, 3.05) is 32.7 Å². The maximum Gasteiger partial charge on any atom is 0.243 e. The van der Waals surface area contributed by atoms with Crippen molar-refractivity contribution in [1.82, 2.24) is 14.5 Å². The highest BCUT2D eigenvalue weighted by atomic mass is 32.2. The molecule has 1 N–H and O–H groups in total. The molecule has 1 saturated heterocycles. The molecule has 1 aliphatic rings. The second-order valence-corrected chi connectivity index (χ2v) is 11.0. The van der Waals surface area contributed by atoms with E-state index in [1.54, 1.807) is 12.1 Å².